The molecular formula is C23H21BrN2O5. The van der Waals surface area contributed by atoms with Crippen molar-refractivity contribution in [3.05, 3.63) is 61.6 Å². The fraction of sp³-hybridized carbons (Fsp3) is 0.348. The fourth-order valence-corrected chi connectivity index (χ4v) is 5.24. The maximum atomic E-state index is 11.9. The zero-order valence-electron chi connectivity index (χ0n) is 17.2. The van der Waals surface area contributed by atoms with Gasteiger partial charge in [0.25, 0.3) is 0 Å². The highest BCUT2D eigenvalue weighted by molar-refractivity contribution is 9.10. The number of benzene rings is 2. The molecular weight excluding hydrogens is 464 g/mol. The van der Waals surface area contributed by atoms with Crippen LogP contribution in [0.15, 0.2) is 39.2 Å². The van der Waals surface area contributed by atoms with Crippen LogP contribution in [0.5, 0.6) is 0 Å². The third-order valence-electron chi connectivity index (χ3n) is 6.57. The maximum Gasteiger partial charge on any atom is 0.312 e. The van der Waals surface area contributed by atoms with Crippen molar-refractivity contribution in [2.24, 2.45) is 5.92 Å². The van der Waals surface area contributed by atoms with E-state index in [0.717, 1.165) is 45.0 Å². The summed E-state index contributed by atoms with van der Waals surface area (Å²) in [6, 6.07) is 9.52. The number of carbonyl (C=O) groups excluding carboxylic acids is 1. The fourth-order valence-electron chi connectivity index (χ4n) is 4.88. The van der Waals surface area contributed by atoms with Gasteiger partial charge in [-0.25, -0.2) is 0 Å². The average Bonchev–Trinajstić information content (AvgIpc) is 3.32. The minimum Gasteiger partial charge on any atom is -0.469 e. The number of nitrogens with zero attached hydrogens (tertiary/aromatic N) is 2. The van der Waals surface area contributed by atoms with E-state index in [1.54, 1.807) is 6.07 Å². The molecule has 0 saturated carbocycles. The van der Waals surface area contributed by atoms with E-state index in [0.29, 0.717) is 24.4 Å². The van der Waals surface area contributed by atoms with Crippen LogP contribution >= 0.6 is 15.9 Å². The summed E-state index contributed by atoms with van der Waals surface area (Å²) < 4.78 is 11.9. The number of methoxy groups -OCH3 is 1. The zero-order chi connectivity index (χ0) is 21.9. The average molecular weight is 485 g/mol. The molecule has 1 unspecified atom stereocenters. The van der Waals surface area contributed by atoms with Gasteiger partial charge >= 0.3 is 11.7 Å². The van der Waals surface area contributed by atoms with Crippen molar-refractivity contribution in [2.75, 3.05) is 20.2 Å². The number of hydrogen-bond acceptors (Lipinski definition) is 6. The number of likely N-dealkylation sites (tertiary alicyclic amines) is 1. The summed E-state index contributed by atoms with van der Waals surface area (Å²) in [4.78, 5) is 25.5. The second-order valence-electron chi connectivity index (χ2n) is 8.21. The lowest BCUT2D eigenvalue weighted by atomic mass is 9.94. The zero-order valence-corrected chi connectivity index (χ0v) is 18.8. The molecule has 31 heavy (non-hydrogen) atoms. The number of esters is 1. The highest BCUT2D eigenvalue weighted by Crippen LogP contribution is 2.47. The van der Waals surface area contributed by atoms with E-state index in [4.69, 9.17) is 9.15 Å². The largest absolute Gasteiger partial charge is 0.469 e. The van der Waals surface area contributed by atoms with Crippen LogP contribution in [0.4, 0.5) is 5.69 Å². The summed E-state index contributed by atoms with van der Waals surface area (Å²) in [5.41, 5.74) is 4.33. The van der Waals surface area contributed by atoms with Gasteiger partial charge in [-0.15, -0.1) is 0 Å². The van der Waals surface area contributed by atoms with Crippen molar-refractivity contribution in [1.29, 1.82) is 0 Å². The third kappa shape index (κ3) is 3.16. The Morgan fingerprint density at radius 3 is 2.81 bits per heavy atom. The van der Waals surface area contributed by atoms with E-state index < -0.39 is 0 Å². The smallest absolute Gasteiger partial charge is 0.312 e. The molecule has 3 aromatic rings. The van der Waals surface area contributed by atoms with Crippen molar-refractivity contribution < 1.29 is 18.9 Å². The monoisotopic (exact) mass is 484 g/mol. The lowest BCUT2D eigenvalue weighted by molar-refractivity contribution is -0.383. The first-order chi connectivity index (χ1) is 14.9. The molecule has 1 fully saturated rings. The molecule has 0 radical (unpaired) electrons. The first-order valence-electron chi connectivity index (χ1n) is 10.2. The lowest BCUT2D eigenvalue weighted by Gasteiger charge is -2.41. The molecule has 1 aromatic heterocycles. The highest BCUT2D eigenvalue weighted by Gasteiger charge is 2.41. The van der Waals surface area contributed by atoms with Gasteiger partial charge in [-0.05, 0) is 48.6 Å². The van der Waals surface area contributed by atoms with Crippen LogP contribution in [0.3, 0.4) is 0 Å². The van der Waals surface area contributed by atoms with Gasteiger partial charge in [0.15, 0.2) is 0 Å². The standard InChI is InChI=1S/C23H21BrN2O5/c1-12-14(4-3-5-18(12)24)21-9-17-15-6-7-19(25-10-13(11-25)23(27)30-2)16(15)8-20(26(28)29)22(17)31-21/h3-5,8-9,13,19H,6-7,10-11H2,1-2H3. The Bertz CT molecular complexity index is 1230. The lowest BCUT2D eigenvalue weighted by Crippen LogP contribution is -2.51. The topological polar surface area (TPSA) is 85.8 Å². The number of aryl methyl sites for hydroxylation is 1. The minimum atomic E-state index is -0.369. The van der Waals surface area contributed by atoms with E-state index >= 15 is 0 Å². The van der Waals surface area contributed by atoms with Crippen LogP contribution in [0.2, 0.25) is 0 Å². The first kappa shape index (κ1) is 20.2. The van der Waals surface area contributed by atoms with E-state index in [-0.39, 0.29) is 28.5 Å². The van der Waals surface area contributed by atoms with E-state index in [2.05, 4.69) is 20.8 Å². The number of nitro benzene ring substituents is 1. The molecule has 160 valence electrons. The van der Waals surface area contributed by atoms with Crippen LogP contribution in [-0.4, -0.2) is 36.0 Å². The van der Waals surface area contributed by atoms with Crippen molar-refractivity contribution in [2.45, 2.75) is 25.8 Å². The Balaban J connectivity index is 1.58. The normalized spacial score (nSPS) is 18.7. The van der Waals surface area contributed by atoms with Crippen LogP contribution in [0, 0.1) is 23.0 Å². The number of rotatable bonds is 4. The number of furan rings is 1. The second kappa shape index (κ2) is 7.46. The quantitative estimate of drug-likeness (QED) is 0.288. The molecule has 2 heterocycles. The molecule has 0 bridgehead atoms. The van der Waals surface area contributed by atoms with Gasteiger partial charge < -0.3 is 9.15 Å². The molecule has 0 N–H and O–H groups in total. The first-order valence-corrected chi connectivity index (χ1v) is 11.0. The number of hydrogen-bond donors (Lipinski definition) is 0. The van der Waals surface area contributed by atoms with E-state index in [1.165, 1.54) is 7.11 Å². The molecule has 8 heteroatoms. The summed E-state index contributed by atoms with van der Waals surface area (Å²) in [7, 11) is 1.40. The predicted octanol–water partition coefficient (Wildman–Crippen LogP) is 5.17. The molecule has 2 aliphatic rings. The molecule has 2 aromatic carbocycles. The number of nitro groups is 1. The number of carbonyl (C=O) groups is 1. The van der Waals surface area contributed by atoms with Crippen molar-refractivity contribution in [1.82, 2.24) is 4.90 Å². The summed E-state index contributed by atoms with van der Waals surface area (Å²) in [6.07, 6.45) is 1.69. The van der Waals surface area contributed by atoms with Gasteiger partial charge in [0.2, 0.25) is 5.58 Å². The van der Waals surface area contributed by atoms with Crippen molar-refractivity contribution >= 4 is 38.6 Å². The summed E-state index contributed by atoms with van der Waals surface area (Å²) >= 11 is 3.54. The predicted molar refractivity (Wildman–Crippen MR) is 119 cm³/mol. The number of halogens is 1. The summed E-state index contributed by atoms with van der Waals surface area (Å²) in [5.74, 6) is 0.316. The van der Waals surface area contributed by atoms with Crippen molar-refractivity contribution in [3.63, 3.8) is 0 Å². The maximum absolute atomic E-state index is 11.9. The molecule has 1 aliphatic heterocycles. The SMILES string of the molecule is COC(=O)C1CN(C2CCc3c2cc([N+](=O)[O-])c2oc(-c4cccc(Br)c4C)cc32)C1. The Labute approximate surface area is 187 Å². The summed E-state index contributed by atoms with van der Waals surface area (Å²) in [5, 5.41) is 12.7. The van der Waals surface area contributed by atoms with Crippen LogP contribution in [-0.2, 0) is 16.0 Å². The molecule has 7 nitrogen and oxygen atoms in total. The van der Waals surface area contributed by atoms with Gasteiger partial charge in [0, 0.05) is 40.6 Å². The van der Waals surface area contributed by atoms with Gasteiger partial charge in [0.05, 0.1) is 18.0 Å². The van der Waals surface area contributed by atoms with Crippen LogP contribution < -0.4 is 0 Å². The van der Waals surface area contributed by atoms with Crippen LogP contribution in [0.1, 0.15) is 29.2 Å². The van der Waals surface area contributed by atoms with Gasteiger partial charge in [-0.1, -0.05) is 28.1 Å². The number of ether oxygens (including phenoxy) is 1. The Hall–Kier alpha value is -2.71. The Morgan fingerprint density at radius 1 is 1.32 bits per heavy atom. The number of fused-ring (bicyclic) bond motifs is 3. The van der Waals surface area contributed by atoms with Gasteiger partial charge in [-0.2, -0.15) is 0 Å². The Morgan fingerprint density at radius 2 is 2.10 bits per heavy atom. The second-order valence-corrected chi connectivity index (χ2v) is 9.07. The highest BCUT2D eigenvalue weighted by atomic mass is 79.9. The molecule has 0 spiro atoms. The molecule has 0 amide bonds. The minimum absolute atomic E-state index is 0.00964. The third-order valence-corrected chi connectivity index (χ3v) is 7.43. The van der Waals surface area contributed by atoms with Crippen molar-refractivity contribution in [3.8, 4) is 11.3 Å². The summed E-state index contributed by atoms with van der Waals surface area (Å²) in [6.45, 7) is 3.23. The van der Waals surface area contributed by atoms with Gasteiger partial charge in [-0.3, -0.25) is 19.8 Å². The molecule has 5 rings (SSSR count). The molecule has 1 saturated heterocycles. The Kier molecular flexibility index (Phi) is 4.86. The number of non-ortho nitro benzene ring substituents is 1. The van der Waals surface area contributed by atoms with Gasteiger partial charge in [0.1, 0.15) is 5.76 Å². The molecule has 1 aliphatic carbocycles. The molecule has 1 atom stereocenters. The van der Waals surface area contributed by atoms with E-state index in [1.807, 2.05) is 31.2 Å². The van der Waals surface area contributed by atoms with Crippen LogP contribution in [0.25, 0.3) is 22.3 Å². The van der Waals surface area contributed by atoms with E-state index in [9.17, 15) is 14.9 Å².